The summed E-state index contributed by atoms with van der Waals surface area (Å²) in [5.74, 6) is 0.0113. The fraction of sp³-hybridized carbons (Fsp3) is 0.500. The summed E-state index contributed by atoms with van der Waals surface area (Å²) in [4.78, 5) is 11.8. The van der Waals surface area contributed by atoms with Gasteiger partial charge in [0, 0.05) is 29.2 Å². The Morgan fingerprint density at radius 2 is 2.00 bits per heavy atom. The SMILES string of the molecule is Cc1cc(Cl)ccc1NC(=O)CCNC(C)(C)C. The maximum Gasteiger partial charge on any atom is 0.225 e. The minimum Gasteiger partial charge on any atom is -0.326 e. The normalized spacial score (nSPS) is 11.4. The lowest BCUT2D eigenvalue weighted by atomic mass is 10.1. The van der Waals surface area contributed by atoms with Crippen molar-refractivity contribution in [1.82, 2.24) is 5.32 Å². The number of anilines is 1. The first-order valence-electron chi connectivity index (χ1n) is 6.09. The maximum atomic E-state index is 11.8. The van der Waals surface area contributed by atoms with Gasteiger partial charge in [0.15, 0.2) is 0 Å². The van der Waals surface area contributed by atoms with Gasteiger partial charge in [0.25, 0.3) is 0 Å². The summed E-state index contributed by atoms with van der Waals surface area (Å²) < 4.78 is 0. The second-order valence-corrected chi connectivity index (χ2v) is 5.87. The van der Waals surface area contributed by atoms with E-state index in [2.05, 4.69) is 31.4 Å². The number of hydrogen-bond acceptors (Lipinski definition) is 2. The number of hydrogen-bond donors (Lipinski definition) is 2. The van der Waals surface area contributed by atoms with Crippen LogP contribution < -0.4 is 10.6 Å². The standard InChI is InChI=1S/C14H21ClN2O/c1-10-9-11(15)5-6-12(10)17-13(18)7-8-16-14(2,3)4/h5-6,9,16H,7-8H2,1-4H3,(H,17,18). The molecule has 1 rings (SSSR count). The predicted molar refractivity (Wildman–Crippen MR) is 77.2 cm³/mol. The van der Waals surface area contributed by atoms with Crippen molar-refractivity contribution in [2.75, 3.05) is 11.9 Å². The number of benzene rings is 1. The second-order valence-electron chi connectivity index (χ2n) is 5.43. The Balaban J connectivity index is 2.45. The molecule has 0 aliphatic heterocycles. The Bertz CT molecular complexity index is 424. The Hall–Kier alpha value is -1.06. The van der Waals surface area contributed by atoms with Gasteiger partial charge >= 0.3 is 0 Å². The lowest BCUT2D eigenvalue weighted by molar-refractivity contribution is -0.116. The molecule has 4 heteroatoms. The lowest BCUT2D eigenvalue weighted by Gasteiger charge is -2.20. The summed E-state index contributed by atoms with van der Waals surface area (Å²) in [6.07, 6.45) is 0.458. The zero-order valence-corrected chi connectivity index (χ0v) is 12.2. The minimum atomic E-state index is 0.0113. The zero-order valence-electron chi connectivity index (χ0n) is 11.4. The number of carbonyl (C=O) groups excluding carboxylic acids is 1. The van der Waals surface area contributed by atoms with E-state index in [1.54, 1.807) is 6.07 Å². The number of amides is 1. The molecule has 0 radical (unpaired) electrons. The number of carbonyl (C=O) groups is 1. The number of nitrogens with one attached hydrogen (secondary N) is 2. The van der Waals surface area contributed by atoms with Gasteiger partial charge in [-0.2, -0.15) is 0 Å². The van der Waals surface area contributed by atoms with Crippen molar-refractivity contribution in [3.05, 3.63) is 28.8 Å². The van der Waals surface area contributed by atoms with Gasteiger partial charge in [0.1, 0.15) is 0 Å². The molecule has 0 saturated heterocycles. The average Bonchev–Trinajstić information content (AvgIpc) is 2.20. The third-order valence-corrected chi connectivity index (χ3v) is 2.71. The summed E-state index contributed by atoms with van der Waals surface area (Å²) in [6, 6.07) is 5.44. The Morgan fingerprint density at radius 3 is 2.56 bits per heavy atom. The third-order valence-electron chi connectivity index (χ3n) is 2.47. The van der Waals surface area contributed by atoms with E-state index < -0.39 is 0 Å². The monoisotopic (exact) mass is 268 g/mol. The van der Waals surface area contributed by atoms with Crippen molar-refractivity contribution in [3.63, 3.8) is 0 Å². The van der Waals surface area contributed by atoms with Crippen molar-refractivity contribution in [2.24, 2.45) is 0 Å². The summed E-state index contributed by atoms with van der Waals surface area (Å²) in [6.45, 7) is 8.83. The summed E-state index contributed by atoms with van der Waals surface area (Å²) >= 11 is 5.86. The largest absolute Gasteiger partial charge is 0.326 e. The smallest absolute Gasteiger partial charge is 0.225 e. The third kappa shape index (κ3) is 5.52. The molecule has 0 spiro atoms. The minimum absolute atomic E-state index is 0.0113. The van der Waals surface area contributed by atoms with Gasteiger partial charge in [-0.05, 0) is 51.5 Å². The molecule has 0 fully saturated rings. The maximum absolute atomic E-state index is 11.8. The zero-order chi connectivity index (χ0) is 13.8. The lowest BCUT2D eigenvalue weighted by Crippen LogP contribution is -2.37. The van der Waals surface area contributed by atoms with Gasteiger partial charge in [-0.1, -0.05) is 11.6 Å². The Morgan fingerprint density at radius 1 is 1.33 bits per heavy atom. The fourth-order valence-electron chi connectivity index (χ4n) is 1.53. The fourth-order valence-corrected chi connectivity index (χ4v) is 1.76. The van der Waals surface area contributed by atoms with E-state index in [0.29, 0.717) is 18.0 Å². The van der Waals surface area contributed by atoms with E-state index in [9.17, 15) is 4.79 Å². The highest BCUT2D eigenvalue weighted by Gasteiger charge is 2.10. The molecule has 0 aromatic heterocycles. The van der Waals surface area contributed by atoms with Gasteiger partial charge in [-0.3, -0.25) is 4.79 Å². The predicted octanol–water partition coefficient (Wildman–Crippen LogP) is 3.37. The first kappa shape index (κ1) is 15.0. The van der Waals surface area contributed by atoms with Gasteiger partial charge in [-0.15, -0.1) is 0 Å². The quantitative estimate of drug-likeness (QED) is 0.879. The molecule has 1 amide bonds. The van der Waals surface area contributed by atoms with Crippen LogP contribution in [0.4, 0.5) is 5.69 Å². The van der Waals surface area contributed by atoms with Gasteiger partial charge in [0.05, 0.1) is 0 Å². The summed E-state index contributed by atoms with van der Waals surface area (Å²) in [5.41, 5.74) is 1.83. The van der Waals surface area contributed by atoms with E-state index in [4.69, 9.17) is 11.6 Å². The van der Waals surface area contributed by atoms with E-state index in [-0.39, 0.29) is 11.4 Å². The van der Waals surface area contributed by atoms with Gasteiger partial charge in [-0.25, -0.2) is 0 Å². The highest BCUT2D eigenvalue weighted by atomic mass is 35.5. The van der Waals surface area contributed by atoms with Gasteiger partial charge < -0.3 is 10.6 Å². The molecule has 1 aromatic rings. The Labute approximate surface area is 114 Å². The van der Waals surface area contributed by atoms with Crippen LogP contribution in [0.15, 0.2) is 18.2 Å². The van der Waals surface area contributed by atoms with Gasteiger partial charge in [0.2, 0.25) is 5.91 Å². The molecule has 0 atom stereocenters. The molecule has 0 heterocycles. The van der Waals surface area contributed by atoms with E-state index in [0.717, 1.165) is 11.3 Å². The van der Waals surface area contributed by atoms with Crippen LogP contribution in [0.3, 0.4) is 0 Å². The van der Waals surface area contributed by atoms with Crippen molar-refractivity contribution >= 4 is 23.2 Å². The highest BCUT2D eigenvalue weighted by molar-refractivity contribution is 6.30. The molecule has 3 nitrogen and oxygen atoms in total. The van der Waals surface area contributed by atoms with Crippen molar-refractivity contribution in [3.8, 4) is 0 Å². The topological polar surface area (TPSA) is 41.1 Å². The van der Waals surface area contributed by atoms with Crippen LogP contribution in [0.5, 0.6) is 0 Å². The molecule has 2 N–H and O–H groups in total. The average molecular weight is 269 g/mol. The molecule has 100 valence electrons. The first-order chi connectivity index (χ1) is 8.28. The molecular weight excluding hydrogens is 248 g/mol. The van der Waals surface area contributed by atoms with E-state index in [1.807, 2.05) is 19.1 Å². The van der Waals surface area contributed by atoms with Crippen molar-refractivity contribution < 1.29 is 4.79 Å². The summed E-state index contributed by atoms with van der Waals surface area (Å²) in [7, 11) is 0. The summed E-state index contributed by atoms with van der Waals surface area (Å²) in [5, 5.41) is 6.85. The molecule has 1 aromatic carbocycles. The van der Waals surface area contributed by atoms with Crippen molar-refractivity contribution in [2.45, 2.75) is 39.7 Å². The molecule has 18 heavy (non-hydrogen) atoms. The van der Waals surface area contributed by atoms with Crippen molar-refractivity contribution in [1.29, 1.82) is 0 Å². The van der Waals surface area contributed by atoms with Crippen LogP contribution in [-0.4, -0.2) is 18.0 Å². The van der Waals surface area contributed by atoms with Crippen LogP contribution in [0.1, 0.15) is 32.8 Å². The van der Waals surface area contributed by atoms with E-state index >= 15 is 0 Å². The van der Waals surface area contributed by atoms with Crippen LogP contribution in [-0.2, 0) is 4.79 Å². The molecule has 0 aliphatic carbocycles. The van der Waals surface area contributed by atoms with Crippen LogP contribution in [0.2, 0.25) is 5.02 Å². The molecule has 0 bridgehead atoms. The second kappa shape index (κ2) is 6.21. The van der Waals surface area contributed by atoms with Crippen LogP contribution >= 0.6 is 11.6 Å². The highest BCUT2D eigenvalue weighted by Crippen LogP contribution is 2.19. The van der Waals surface area contributed by atoms with E-state index in [1.165, 1.54) is 0 Å². The molecular formula is C14H21ClN2O. The van der Waals surface area contributed by atoms with Crippen LogP contribution in [0, 0.1) is 6.92 Å². The number of rotatable bonds is 4. The number of aryl methyl sites for hydroxylation is 1. The number of halogens is 1. The molecule has 0 unspecified atom stereocenters. The molecule has 0 saturated carbocycles. The first-order valence-corrected chi connectivity index (χ1v) is 6.47. The Kier molecular flexibility index (Phi) is 5.17. The van der Waals surface area contributed by atoms with Crippen LogP contribution in [0.25, 0.3) is 0 Å². The molecule has 0 aliphatic rings.